The Morgan fingerprint density at radius 3 is 3.18 bits per heavy atom. The van der Waals surface area contributed by atoms with Crippen LogP contribution in [0.15, 0.2) is 18.3 Å². The van der Waals surface area contributed by atoms with Gasteiger partial charge in [0.2, 0.25) is 11.8 Å². The number of rotatable bonds is 4. The van der Waals surface area contributed by atoms with Gasteiger partial charge in [0.25, 0.3) is 0 Å². The standard InChI is InChI=1S/C11H15N3O2S/c1-2-16-10-4-3-8(5-12-10)14-11(15)9-6-17-7-13-9/h3-5,9,13H,2,6-7H2,1H3,(H,14,15). The van der Waals surface area contributed by atoms with Crippen molar-refractivity contribution in [2.75, 3.05) is 23.6 Å². The number of anilines is 1. The van der Waals surface area contributed by atoms with Crippen molar-refractivity contribution in [3.8, 4) is 5.88 Å². The average molecular weight is 253 g/mol. The van der Waals surface area contributed by atoms with Crippen molar-refractivity contribution < 1.29 is 9.53 Å². The van der Waals surface area contributed by atoms with E-state index in [4.69, 9.17) is 4.74 Å². The first-order valence-electron chi connectivity index (χ1n) is 5.50. The maximum absolute atomic E-state index is 11.8. The van der Waals surface area contributed by atoms with Crippen molar-refractivity contribution >= 4 is 23.4 Å². The van der Waals surface area contributed by atoms with Gasteiger partial charge in [-0.3, -0.25) is 10.1 Å². The molecule has 5 nitrogen and oxygen atoms in total. The number of carbonyl (C=O) groups excluding carboxylic acids is 1. The second-order valence-corrected chi connectivity index (χ2v) is 4.61. The van der Waals surface area contributed by atoms with Crippen molar-refractivity contribution in [2.24, 2.45) is 0 Å². The molecule has 2 heterocycles. The van der Waals surface area contributed by atoms with E-state index in [9.17, 15) is 4.79 Å². The van der Waals surface area contributed by atoms with Crippen LogP contribution in [0.3, 0.4) is 0 Å². The summed E-state index contributed by atoms with van der Waals surface area (Å²) in [6.45, 7) is 2.49. The third kappa shape index (κ3) is 3.34. The minimum atomic E-state index is -0.105. The van der Waals surface area contributed by atoms with Crippen LogP contribution in [0.1, 0.15) is 6.92 Å². The maximum atomic E-state index is 11.8. The number of hydrogen-bond donors (Lipinski definition) is 2. The van der Waals surface area contributed by atoms with Crippen LogP contribution in [0, 0.1) is 0 Å². The van der Waals surface area contributed by atoms with Crippen molar-refractivity contribution in [3.63, 3.8) is 0 Å². The Kier molecular flexibility index (Phi) is 4.22. The number of nitrogens with zero attached hydrogens (tertiary/aromatic N) is 1. The lowest BCUT2D eigenvalue weighted by molar-refractivity contribution is -0.117. The monoisotopic (exact) mass is 253 g/mol. The summed E-state index contributed by atoms with van der Waals surface area (Å²) in [5.74, 6) is 2.21. The van der Waals surface area contributed by atoms with Crippen LogP contribution in [0.5, 0.6) is 5.88 Å². The number of aromatic nitrogens is 1. The van der Waals surface area contributed by atoms with Gasteiger partial charge in [-0.15, -0.1) is 11.8 Å². The Labute approximate surface area is 104 Å². The molecule has 1 saturated heterocycles. The zero-order valence-corrected chi connectivity index (χ0v) is 10.4. The van der Waals surface area contributed by atoms with Gasteiger partial charge in [-0.2, -0.15) is 0 Å². The van der Waals surface area contributed by atoms with Gasteiger partial charge in [-0.1, -0.05) is 0 Å². The van der Waals surface area contributed by atoms with E-state index in [0.29, 0.717) is 18.2 Å². The number of hydrogen-bond acceptors (Lipinski definition) is 5. The number of amides is 1. The fourth-order valence-corrected chi connectivity index (χ4v) is 2.42. The Hall–Kier alpha value is -1.27. The first-order chi connectivity index (χ1) is 8.29. The number of ether oxygens (including phenoxy) is 1. The first kappa shape index (κ1) is 12.2. The van der Waals surface area contributed by atoms with Crippen molar-refractivity contribution in [3.05, 3.63) is 18.3 Å². The topological polar surface area (TPSA) is 63.2 Å². The maximum Gasteiger partial charge on any atom is 0.242 e. The van der Waals surface area contributed by atoms with Crippen LogP contribution >= 0.6 is 11.8 Å². The van der Waals surface area contributed by atoms with Crippen molar-refractivity contribution in [1.29, 1.82) is 0 Å². The first-order valence-corrected chi connectivity index (χ1v) is 6.66. The zero-order valence-electron chi connectivity index (χ0n) is 9.60. The Morgan fingerprint density at radius 2 is 2.59 bits per heavy atom. The molecule has 92 valence electrons. The summed E-state index contributed by atoms with van der Waals surface area (Å²) >= 11 is 1.72. The summed E-state index contributed by atoms with van der Waals surface area (Å²) in [4.78, 5) is 15.9. The molecule has 1 atom stereocenters. The molecule has 2 rings (SSSR count). The highest BCUT2D eigenvalue weighted by atomic mass is 32.2. The third-order valence-corrected chi connectivity index (χ3v) is 3.27. The molecule has 0 spiro atoms. The largest absolute Gasteiger partial charge is 0.478 e. The van der Waals surface area contributed by atoms with Gasteiger partial charge >= 0.3 is 0 Å². The molecule has 0 radical (unpaired) electrons. The summed E-state index contributed by atoms with van der Waals surface area (Å²) in [6.07, 6.45) is 1.60. The molecule has 17 heavy (non-hydrogen) atoms. The highest BCUT2D eigenvalue weighted by molar-refractivity contribution is 7.99. The number of nitrogens with one attached hydrogen (secondary N) is 2. The van der Waals surface area contributed by atoms with Crippen LogP contribution in [0.4, 0.5) is 5.69 Å². The van der Waals surface area contributed by atoms with Gasteiger partial charge in [0.1, 0.15) is 0 Å². The normalized spacial score (nSPS) is 19.0. The van der Waals surface area contributed by atoms with Crippen LogP contribution in [0.2, 0.25) is 0 Å². The summed E-state index contributed by atoms with van der Waals surface area (Å²) in [7, 11) is 0. The van der Waals surface area contributed by atoms with Gasteiger partial charge < -0.3 is 10.1 Å². The van der Waals surface area contributed by atoms with Crippen molar-refractivity contribution in [2.45, 2.75) is 13.0 Å². The molecule has 1 fully saturated rings. The molecule has 1 aromatic rings. The summed E-state index contributed by atoms with van der Waals surface area (Å²) in [5.41, 5.74) is 0.692. The van der Waals surface area contributed by atoms with E-state index in [0.717, 1.165) is 11.6 Å². The molecule has 1 aliphatic heterocycles. The third-order valence-electron chi connectivity index (χ3n) is 2.33. The van der Waals surface area contributed by atoms with E-state index in [2.05, 4.69) is 15.6 Å². The Bertz CT molecular complexity index is 377. The second-order valence-electron chi connectivity index (χ2n) is 3.58. The molecular formula is C11H15N3O2S. The summed E-state index contributed by atoms with van der Waals surface area (Å²) in [6, 6.07) is 3.43. The van der Waals surface area contributed by atoms with Crippen LogP contribution in [-0.4, -0.2) is 35.2 Å². The molecule has 1 aliphatic rings. The minimum Gasteiger partial charge on any atom is -0.478 e. The highest BCUT2D eigenvalue weighted by Crippen LogP contribution is 2.14. The fourth-order valence-electron chi connectivity index (χ4n) is 1.48. The summed E-state index contributed by atoms with van der Waals surface area (Å²) < 4.78 is 5.23. The fraction of sp³-hybridized carbons (Fsp3) is 0.455. The average Bonchev–Trinajstić information content (AvgIpc) is 2.86. The van der Waals surface area contributed by atoms with E-state index in [1.807, 2.05) is 6.92 Å². The molecule has 1 aromatic heterocycles. The molecule has 0 bridgehead atoms. The van der Waals surface area contributed by atoms with E-state index < -0.39 is 0 Å². The minimum absolute atomic E-state index is 0.0130. The molecule has 0 aliphatic carbocycles. The zero-order chi connectivity index (χ0) is 12.1. The van der Waals surface area contributed by atoms with Gasteiger partial charge in [0, 0.05) is 17.7 Å². The van der Waals surface area contributed by atoms with Crippen LogP contribution in [-0.2, 0) is 4.79 Å². The van der Waals surface area contributed by atoms with E-state index >= 15 is 0 Å². The number of thioether (sulfide) groups is 1. The lowest BCUT2D eigenvalue weighted by Gasteiger charge is -2.10. The predicted molar refractivity (Wildman–Crippen MR) is 68.3 cm³/mol. The lowest BCUT2D eigenvalue weighted by Crippen LogP contribution is -2.37. The number of carbonyl (C=O) groups is 1. The number of pyridine rings is 1. The van der Waals surface area contributed by atoms with E-state index in [1.165, 1.54) is 0 Å². The van der Waals surface area contributed by atoms with Gasteiger partial charge in [-0.25, -0.2) is 4.98 Å². The van der Waals surface area contributed by atoms with Gasteiger partial charge in [-0.05, 0) is 13.0 Å². The Balaban J connectivity index is 1.91. The quantitative estimate of drug-likeness (QED) is 0.840. The smallest absolute Gasteiger partial charge is 0.242 e. The van der Waals surface area contributed by atoms with Gasteiger partial charge in [0.15, 0.2) is 0 Å². The van der Waals surface area contributed by atoms with Crippen molar-refractivity contribution in [1.82, 2.24) is 10.3 Å². The predicted octanol–water partition coefficient (Wildman–Crippen LogP) is 1.08. The molecule has 6 heteroatoms. The second kappa shape index (κ2) is 5.88. The molecular weight excluding hydrogens is 238 g/mol. The van der Waals surface area contributed by atoms with Crippen LogP contribution < -0.4 is 15.4 Å². The highest BCUT2D eigenvalue weighted by Gasteiger charge is 2.22. The molecule has 1 amide bonds. The SMILES string of the molecule is CCOc1ccc(NC(=O)C2CSCN2)cn1. The summed E-state index contributed by atoms with van der Waals surface area (Å²) in [5, 5.41) is 5.93. The lowest BCUT2D eigenvalue weighted by atomic mass is 10.3. The van der Waals surface area contributed by atoms with E-state index in [1.54, 1.807) is 30.1 Å². The molecule has 2 N–H and O–H groups in total. The van der Waals surface area contributed by atoms with E-state index in [-0.39, 0.29) is 11.9 Å². The molecule has 0 aromatic carbocycles. The molecule has 1 unspecified atom stereocenters. The Morgan fingerprint density at radius 1 is 1.71 bits per heavy atom. The van der Waals surface area contributed by atoms with Crippen LogP contribution in [0.25, 0.3) is 0 Å². The molecule has 0 saturated carbocycles. The van der Waals surface area contributed by atoms with Gasteiger partial charge in [0.05, 0.1) is 24.5 Å².